The first-order valence-electron chi connectivity index (χ1n) is 7.92. The third kappa shape index (κ3) is 4.55. The van der Waals surface area contributed by atoms with Crippen LogP contribution < -0.4 is 0 Å². The van der Waals surface area contributed by atoms with Crippen molar-refractivity contribution >= 4 is 12.4 Å². The Morgan fingerprint density at radius 2 is 1.96 bits per heavy atom. The zero-order valence-corrected chi connectivity index (χ0v) is 14.2. The fraction of sp³-hybridized carbons (Fsp3) is 0.556. The molecule has 0 bridgehead atoms. The molecular formula is C18H25NO4. The smallest absolute Gasteiger partial charge is 0.410 e. The quantitative estimate of drug-likeness (QED) is 0.801. The second-order valence-corrected chi connectivity index (χ2v) is 7.00. The molecule has 1 aliphatic heterocycles. The van der Waals surface area contributed by atoms with Crippen molar-refractivity contribution in [1.29, 1.82) is 0 Å². The molecule has 0 aromatic heterocycles. The molecule has 1 fully saturated rings. The predicted octanol–water partition coefficient (Wildman–Crippen LogP) is 3.03. The summed E-state index contributed by atoms with van der Waals surface area (Å²) in [5.41, 5.74) is 0.455. The Hall–Kier alpha value is -1.88. The van der Waals surface area contributed by atoms with E-state index in [2.05, 4.69) is 0 Å². The second-order valence-electron chi connectivity index (χ2n) is 7.00. The lowest BCUT2D eigenvalue weighted by Gasteiger charge is -2.27. The van der Waals surface area contributed by atoms with E-state index >= 15 is 0 Å². The predicted molar refractivity (Wildman–Crippen MR) is 87.0 cm³/mol. The van der Waals surface area contributed by atoms with Crippen LogP contribution in [0.3, 0.4) is 0 Å². The minimum atomic E-state index is -0.608. The molecule has 1 aromatic rings. The molecule has 0 spiro atoms. The lowest BCUT2D eigenvalue weighted by Crippen LogP contribution is -2.44. The topological polar surface area (TPSA) is 55.8 Å². The van der Waals surface area contributed by atoms with Gasteiger partial charge in [-0.25, -0.2) is 4.79 Å². The van der Waals surface area contributed by atoms with Gasteiger partial charge in [-0.3, -0.25) is 4.90 Å². The molecule has 23 heavy (non-hydrogen) atoms. The molecule has 0 saturated carbocycles. The van der Waals surface area contributed by atoms with Gasteiger partial charge in [0.2, 0.25) is 0 Å². The van der Waals surface area contributed by atoms with Crippen LogP contribution in [0, 0.1) is 5.92 Å². The maximum Gasteiger partial charge on any atom is 0.410 e. The summed E-state index contributed by atoms with van der Waals surface area (Å²) in [4.78, 5) is 25.3. The molecule has 1 aliphatic rings. The molecule has 0 unspecified atom stereocenters. The minimum Gasteiger partial charge on any atom is -0.444 e. The summed E-state index contributed by atoms with van der Waals surface area (Å²) in [7, 11) is 0. The van der Waals surface area contributed by atoms with Gasteiger partial charge in [-0.2, -0.15) is 0 Å². The van der Waals surface area contributed by atoms with E-state index in [1.165, 1.54) is 4.90 Å². The third-order valence-electron chi connectivity index (χ3n) is 3.79. The molecule has 0 aliphatic carbocycles. The first-order valence-corrected chi connectivity index (χ1v) is 7.92. The number of nitrogens with zero attached hydrogens (tertiary/aromatic N) is 1. The first kappa shape index (κ1) is 17.5. The van der Waals surface area contributed by atoms with E-state index in [1.54, 1.807) is 0 Å². The molecule has 5 nitrogen and oxygen atoms in total. The molecule has 1 saturated heterocycles. The van der Waals surface area contributed by atoms with E-state index in [1.807, 2.05) is 58.0 Å². The summed E-state index contributed by atoms with van der Waals surface area (Å²) in [6.45, 7) is 8.29. The fourth-order valence-corrected chi connectivity index (χ4v) is 2.75. The molecule has 0 N–H and O–H groups in total. The lowest BCUT2D eigenvalue weighted by atomic mass is 10.0. The maximum atomic E-state index is 12.3. The first-order chi connectivity index (χ1) is 10.8. The highest BCUT2D eigenvalue weighted by molar-refractivity contribution is 5.75. The summed E-state index contributed by atoms with van der Waals surface area (Å²) in [5.74, 6) is 0.0708. The van der Waals surface area contributed by atoms with Gasteiger partial charge in [0.15, 0.2) is 0 Å². The average Bonchev–Trinajstić information content (AvgIpc) is 2.80. The van der Waals surface area contributed by atoms with Crippen molar-refractivity contribution in [2.75, 3.05) is 6.54 Å². The summed E-state index contributed by atoms with van der Waals surface area (Å²) >= 11 is 0. The van der Waals surface area contributed by atoms with Crippen molar-refractivity contribution in [3.8, 4) is 0 Å². The zero-order chi connectivity index (χ0) is 17.0. The molecule has 126 valence electrons. The van der Waals surface area contributed by atoms with Crippen LogP contribution in [0.15, 0.2) is 30.3 Å². The van der Waals surface area contributed by atoms with E-state index in [4.69, 9.17) is 9.47 Å². The minimum absolute atomic E-state index is 0.0708. The van der Waals surface area contributed by atoms with Crippen LogP contribution in [-0.2, 0) is 20.9 Å². The number of carbonyl (C=O) groups is 2. The number of amides is 1. The van der Waals surface area contributed by atoms with Gasteiger partial charge >= 0.3 is 6.09 Å². The Kier molecular flexibility index (Phi) is 5.42. The zero-order valence-electron chi connectivity index (χ0n) is 14.2. The summed E-state index contributed by atoms with van der Waals surface area (Å²) in [5, 5.41) is 0. The van der Waals surface area contributed by atoms with E-state index in [0.717, 1.165) is 11.8 Å². The number of benzene rings is 1. The molecule has 1 aromatic carbocycles. The van der Waals surface area contributed by atoms with Crippen molar-refractivity contribution in [2.45, 2.75) is 52.0 Å². The van der Waals surface area contributed by atoms with Crippen LogP contribution in [0.5, 0.6) is 0 Å². The third-order valence-corrected chi connectivity index (χ3v) is 3.79. The highest BCUT2D eigenvalue weighted by atomic mass is 16.6. The molecule has 0 radical (unpaired) electrons. The van der Waals surface area contributed by atoms with Crippen molar-refractivity contribution < 1.29 is 19.1 Å². The Morgan fingerprint density at radius 3 is 2.52 bits per heavy atom. The molecule has 3 atom stereocenters. The van der Waals surface area contributed by atoms with E-state index in [0.29, 0.717) is 13.2 Å². The monoisotopic (exact) mass is 319 g/mol. The standard InChI is InChI=1S/C18H25NO4/c1-13-10-19(17(21)23-18(2,3)4)15(11-20)16(13)22-12-14-8-6-5-7-9-14/h5-9,11,13,15-16H,10,12H2,1-4H3/t13-,15+,16+/m0/s1. The summed E-state index contributed by atoms with van der Waals surface area (Å²) in [6, 6.07) is 9.17. The average molecular weight is 319 g/mol. The maximum absolute atomic E-state index is 12.3. The van der Waals surface area contributed by atoms with E-state index < -0.39 is 17.7 Å². The van der Waals surface area contributed by atoms with E-state index in [-0.39, 0.29) is 12.0 Å². The van der Waals surface area contributed by atoms with Crippen LogP contribution >= 0.6 is 0 Å². The van der Waals surface area contributed by atoms with E-state index in [9.17, 15) is 9.59 Å². The number of rotatable bonds is 4. The van der Waals surface area contributed by atoms with Gasteiger partial charge in [-0.1, -0.05) is 37.3 Å². The lowest BCUT2D eigenvalue weighted by molar-refractivity contribution is -0.116. The van der Waals surface area contributed by atoms with Crippen LogP contribution in [-0.4, -0.2) is 41.6 Å². The molecule has 5 heteroatoms. The van der Waals surface area contributed by atoms with Crippen molar-refractivity contribution in [1.82, 2.24) is 4.90 Å². The molecule has 1 amide bonds. The van der Waals surface area contributed by atoms with Gasteiger partial charge in [0, 0.05) is 12.5 Å². The normalized spacial score (nSPS) is 24.5. The Morgan fingerprint density at radius 1 is 1.30 bits per heavy atom. The Balaban J connectivity index is 2.03. The van der Waals surface area contributed by atoms with Gasteiger partial charge in [-0.15, -0.1) is 0 Å². The number of likely N-dealkylation sites (tertiary alicyclic amines) is 1. The SMILES string of the molecule is C[C@H]1CN(C(=O)OC(C)(C)C)[C@H](C=O)[C@@H]1OCc1ccccc1. The molecular weight excluding hydrogens is 294 g/mol. The molecule has 2 rings (SSSR count). The molecule has 1 heterocycles. The van der Waals surface area contributed by atoms with Crippen LogP contribution in [0.4, 0.5) is 4.79 Å². The Bertz CT molecular complexity index is 538. The van der Waals surface area contributed by atoms with Gasteiger partial charge in [0.25, 0.3) is 0 Å². The van der Waals surface area contributed by atoms with Crippen molar-refractivity contribution in [3.05, 3.63) is 35.9 Å². The van der Waals surface area contributed by atoms with Crippen molar-refractivity contribution in [3.63, 3.8) is 0 Å². The highest BCUT2D eigenvalue weighted by Crippen LogP contribution is 2.28. The largest absolute Gasteiger partial charge is 0.444 e. The fourth-order valence-electron chi connectivity index (χ4n) is 2.75. The number of aldehydes is 1. The summed E-state index contributed by atoms with van der Waals surface area (Å²) < 4.78 is 11.3. The van der Waals surface area contributed by atoms with Crippen LogP contribution in [0.25, 0.3) is 0 Å². The summed E-state index contributed by atoms with van der Waals surface area (Å²) in [6.07, 6.45) is -0.00390. The Labute approximate surface area is 137 Å². The number of hydrogen-bond donors (Lipinski definition) is 0. The van der Waals surface area contributed by atoms with Gasteiger partial charge in [-0.05, 0) is 26.3 Å². The second kappa shape index (κ2) is 7.13. The number of hydrogen-bond acceptors (Lipinski definition) is 4. The van der Waals surface area contributed by atoms with Gasteiger partial charge in [0.05, 0.1) is 12.7 Å². The van der Waals surface area contributed by atoms with Gasteiger partial charge in [0.1, 0.15) is 17.9 Å². The van der Waals surface area contributed by atoms with Crippen molar-refractivity contribution in [2.24, 2.45) is 5.92 Å². The van der Waals surface area contributed by atoms with Crippen LogP contribution in [0.1, 0.15) is 33.3 Å². The van der Waals surface area contributed by atoms with Gasteiger partial charge < -0.3 is 14.3 Å². The highest BCUT2D eigenvalue weighted by Gasteiger charge is 2.44. The van der Waals surface area contributed by atoms with Crippen LogP contribution in [0.2, 0.25) is 0 Å². The number of carbonyl (C=O) groups excluding carboxylic acids is 2. The number of ether oxygens (including phenoxy) is 2.